The van der Waals surface area contributed by atoms with Gasteiger partial charge in [0.25, 0.3) is 5.91 Å². The molecule has 1 atom stereocenters. The van der Waals surface area contributed by atoms with Gasteiger partial charge in [-0.3, -0.25) is 9.59 Å². The lowest BCUT2D eigenvalue weighted by Crippen LogP contribution is -2.41. The van der Waals surface area contributed by atoms with E-state index in [-0.39, 0.29) is 23.7 Å². The summed E-state index contributed by atoms with van der Waals surface area (Å²) >= 11 is 0. The molecule has 3 rings (SSSR count). The second-order valence-corrected chi connectivity index (χ2v) is 8.78. The maximum absolute atomic E-state index is 13.4. The number of benzene rings is 2. The molecule has 0 aromatic heterocycles. The monoisotopic (exact) mass is 425 g/mol. The van der Waals surface area contributed by atoms with Gasteiger partial charge in [-0.05, 0) is 52.8 Å². The standard InChI is InChI=1S/C25H31NO5/c1-25(2,3)18-9-7-16(8-10-18)24(28)26-12-11-17-13-21(29-4)22(30-5)14-19(17)20(26)15-23(27)31-6/h7-10,13-14,20H,11-12,15H2,1-6H3/t20-/m1/s1. The zero-order valence-electron chi connectivity index (χ0n) is 19.2. The summed E-state index contributed by atoms with van der Waals surface area (Å²) in [5.41, 5.74) is 3.70. The summed E-state index contributed by atoms with van der Waals surface area (Å²) in [5.74, 6) is 0.735. The number of methoxy groups -OCH3 is 3. The van der Waals surface area contributed by atoms with Gasteiger partial charge >= 0.3 is 5.97 Å². The fourth-order valence-electron chi connectivity index (χ4n) is 4.01. The Labute approximate surface area is 184 Å². The van der Waals surface area contributed by atoms with Crippen molar-refractivity contribution in [1.29, 1.82) is 0 Å². The summed E-state index contributed by atoms with van der Waals surface area (Å²) < 4.78 is 15.8. The van der Waals surface area contributed by atoms with Crippen molar-refractivity contribution >= 4 is 11.9 Å². The minimum absolute atomic E-state index is 0.00860. The van der Waals surface area contributed by atoms with Crippen LogP contribution >= 0.6 is 0 Å². The third-order valence-electron chi connectivity index (χ3n) is 5.85. The van der Waals surface area contributed by atoms with Gasteiger partial charge < -0.3 is 19.1 Å². The highest BCUT2D eigenvalue weighted by Gasteiger charge is 2.34. The van der Waals surface area contributed by atoms with E-state index in [0.717, 1.165) is 16.7 Å². The average Bonchev–Trinajstić information content (AvgIpc) is 2.77. The topological polar surface area (TPSA) is 65.1 Å². The van der Waals surface area contributed by atoms with Gasteiger partial charge in [0.05, 0.1) is 33.8 Å². The molecule has 0 N–H and O–H groups in total. The predicted octanol–water partition coefficient (Wildman–Crippen LogP) is 4.30. The maximum atomic E-state index is 13.4. The van der Waals surface area contributed by atoms with Crippen LogP contribution in [0.1, 0.15) is 60.3 Å². The average molecular weight is 426 g/mol. The van der Waals surface area contributed by atoms with E-state index in [1.165, 1.54) is 7.11 Å². The fraction of sp³-hybridized carbons (Fsp3) is 0.440. The largest absolute Gasteiger partial charge is 0.493 e. The van der Waals surface area contributed by atoms with Gasteiger partial charge in [0.1, 0.15) is 0 Å². The van der Waals surface area contributed by atoms with E-state index in [0.29, 0.717) is 30.0 Å². The molecule has 0 spiro atoms. The number of carbonyl (C=O) groups is 2. The molecular formula is C25H31NO5. The van der Waals surface area contributed by atoms with Crippen LogP contribution in [0.5, 0.6) is 11.5 Å². The van der Waals surface area contributed by atoms with Crippen LogP contribution in [0.4, 0.5) is 0 Å². The van der Waals surface area contributed by atoms with Crippen LogP contribution in [0.2, 0.25) is 0 Å². The Morgan fingerprint density at radius 3 is 2.16 bits per heavy atom. The normalized spacial score (nSPS) is 15.8. The highest BCUT2D eigenvalue weighted by atomic mass is 16.5. The maximum Gasteiger partial charge on any atom is 0.307 e. The molecule has 0 aliphatic carbocycles. The number of ether oxygens (including phenoxy) is 3. The minimum Gasteiger partial charge on any atom is -0.493 e. The molecule has 166 valence electrons. The molecule has 1 heterocycles. The fourth-order valence-corrected chi connectivity index (χ4v) is 4.01. The second-order valence-electron chi connectivity index (χ2n) is 8.78. The SMILES string of the molecule is COC(=O)C[C@@H]1c2cc(OC)c(OC)cc2CCN1C(=O)c1ccc(C(C)(C)C)cc1. The lowest BCUT2D eigenvalue weighted by Gasteiger charge is -2.37. The van der Waals surface area contributed by atoms with E-state index < -0.39 is 6.04 Å². The highest BCUT2D eigenvalue weighted by molar-refractivity contribution is 5.95. The molecule has 0 saturated carbocycles. The first-order valence-corrected chi connectivity index (χ1v) is 10.4. The molecule has 1 aliphatic rings. The van der Waals surface area contributed by atoms with Gasteiger partial charge in [0.2, 0.25) is 0 Å². The Bertz CT molecular complexity index is 959. The van der Waals surface area contributed by atoms with Gasteiger partial charge in [-0.2, -0.15) is 0 Å². The van der Waals surface area contributed by atoms with Crippen molar-refractivity contribution in [2.24, 2.45) is 0 Å². The van der Waals surface area contributed by atoms with Gasteiger partial charge in [-0.15, -0.1) is 0 Å². The first-order chi connectivity index (χ1) is 14.7. The molecule has 0 radical (unpaired) electrons. The van der Waals surface area contributed by atoms with Crippen molar-refractivity contribution in [3.63, 3.8) is 0 Å². The van der Waals surface area contributed by atoms with Crippen molar-refractivity contribution in [1.82, 2.24) is 4.90 Å². The van der Waals surface area contributed by atoms with Crippen LogP contribution in [0, 0.1) is 0 Å². The third kappa shape index (κ3) is 4.68. The summed E-state index contributed by atoms with van der Waals surface area (Å²) in [6, 6.07) is 11.1. The Balaban J connectivity index is 1.99. The number of hydrogen-bond donors (Lipinski definition) is 0. The number of esters is 1. The van der Waals surface area contributed by atoms with Crippen molar-refractivity contribution in [2.45, 2.75) is 45.1 Å². The van der Waals surface area contributed by atoms with Crippen LogP contribution in [0.25, 0.3) is 0 Å². The van der Waals surface area contributed by atoms with Crippen molar-refractivity contribution in [3.05, 3.63) is 58.7 Å². The van der Waals surface area contributed by atoms with Crippen LogP contribution < -0.4 is 9.47 Å². The first-order valence-electron chi connectivity index (χ1n) is 10.4. The van der Waals surface area contributed by atoms with Gasteiger partial charge in [-0.1, -0.05) is 32.9 Å². The minimum atomic E-state index is -0.439. The van der Waals surface area contributed by atoms with Gasteiger partial charge in [0.15, 0.2) is 11.5 Å². The molecule has 0 unspecified atom stereocenters. The molecule has 0 bridgehead atoms. The highest BCUT2D eigenvalue weighted by Crippen LogP contribution is 2.40. The van der Waals surface area contributed by atoms with E-state index in [9.17, 15) is 9.59 Å². The second kappa shape index (κ2) is 9.00. The summed E-state index contributed by atoms with van der Waals surface area (Å²) in [7, 11) is 4.52. The van der Waals surface area contributed by atoms with Crippen LogP contribution in [-0.2, 0) is 21.4 Å². The number of hydrogen-bond acceptors (Lipinski definition) is 5. The predicted molar refractivity (Wildman–Crippen MR) is 119 cm³/mol. The summed E-state index contributed by atoms with van der Waals surface area (Å²) in [5, 5.41) is 0. The smallest absolute Gasteiger partial charge is 0.307 e. The number of fused-ring (bicyclic) bond motifs is 1. The Hall–Kier alpha value is -3.02. The number of nitrogens with zero attached hydrogens (tertiary/aromatic N) is 1. The number of carbonyl (C=O) groups excluding carboxylic acids is 2. The van der Waals surface area contributed by atoms with Crippen molar-refractivity contribution < 1.29 is 23.8 Å². The summed E-state index contributed by atoms with van der Waals surface area (Å²) in [4.78, 5) is 27.4. The zero-order chi connectivity index (χ0) is 22.8. The van der Waals surface area contributed by atoms with Crippen LogP contribution in [0.15, 0.2) is 36.4 Å². The molecule has 31 heavy (non-hydrogen) atoms. The molecule has 1 aliphatic heterocycles. The van der Waals surface area contributed by atoms with Crippen molar-refractivity contribution in [3.8, 4) is 11.5 Å². The zero-order valence-corrected chi connectivity index (χ0v) is 19.2. The third-order valence-corrected chi connectivity index (χ3v) is 5.85. The van der Waals surface area contributed by atoms with E-state index in [1.807, 2.05) is 36.4 Å². The molecule has 6 heteroatoms. The molecule has 0 saturated heterocycles. The van der Waals surface area contributed by atoms with E-state index in [1.54, 1.807) is 19.1 Å². The number of amides is 1. The summed E-state index contributed by atoms with van der Waals surface area (Å²) in [6.45, 7) is 6.92. The van der Waals surface area contributed by atoms with Gasteiger partial charge in [0, 0.05) is 12.1 Å². The van der Waals surface area contributed by atoms with E-state index >= 15 is 0 Å². The lowest BCUT2D eigenvalue weighted by molar-refractivity contribution is -0.141. The van der Waals surface area contributed by atoms with Gasteiger partial charge in [-0.25, -0.2) is 0 Å². The molecule has 1 amide bonds. The molecule has 0 fully saturated rings. The Morgan fingerprint density at radius 1 is 1.00 bits per heavy atom. The molecule has 6 nitrogen and oxygen atoms in total. The molecule has 2 aromatic carbocycles. The molecular weight excluding hydrogens is 394 g/mol. The van der Waals surface area contributed by atoms with Crippen LogP contribution in [0.3, 0.4) is 0 Å². The first kappa shape index (κ1) is 22.7. The van der Waals surface area contributed by atoms with E-state index in [2.05, 4.69) is 20.8 Å². The van der Waals surface area contributed by atoms with E-state index in [4.69, 9.17) is 14.2 Å². The number of rotatable bonds is 5. The van der Waals surface area contributed by atoms with Crippen molar-refractivity contribution in [2.75, 3.05) is 27.9 Å². The quantitative estimate of drug-likeness (QED) is 0.668. The Kier molecular flexibility index (Phi) is 6.58. The Morgan fingerprint density at radius 2 is 1.61 bits per heavy atom. The molecule has 2 aromatic rings. The lowest BCUT2D eigenvalue weighted by atomic mass is 9.86. The summed E-state index contributed by atoms with van der Waals surface area (Å²) in [6.07, 6.45) is 0.740. The van der Waals surface area contributed by atoms with Crippen LogP contribution in [-0.4, -0.2) is 44.7 Å².